The Morgan fingerprint density at radius 2 is 1.70 bits per heavy atom. The Labute approximate surface area is 158 Å². The summed E-state index contributed by atoms with van der Waals surface area (Å²) in [7, 11) is 0. The van der Waals surface area contributed by atoms with Crippen LogP contribution in [-0.2, 0) is 9.53 Å². The zero-order valence-corrected chi connectivity index (χ0v) is 15.1. The Balaban J connectivity index is 1.36. The highest BCUT2D eigenvalue weighted by Crippen LogP contribution is 2.23. The highest BCUT2D eigenvalue weighted by Gasteiger charge is 2.33. The summed E-state index contributed by atoms with van der Waals surface area (Å²) in [5, 5.41) is 3.02. The maximum atomic E-state index is 12.7. The minimum Gasteiger partial charge on any atom is -0.370 e. The number of para-hydroxylation sites is 1. The molecular weight excluding hydrogens is 342 g/mol. The Morgan fingerprint density at radius 1 is 1.00 bits per heavy atom. The number of hydrogen-bond donors (Lipinski definition) is 1. The number of nitrogens with zero attached hydrogens (tertiary/aromatic N) is 2. The molecule has 2 fully saturated rings. The third-order valence-electron chi connectivity index (χ3n) is 5.05. The molecule has 0 aromatic heterocycles. The molecule has 2 aliphatic rings. The van der Waals surface area contributed by atoms with Crippen molar-refractivity contribution in [3.8, 4) is 0 Å². The van der Waals surface area contributed by atoms with Gasteiger partial charge in [0.2, 0.25) is 5.91 Å². The number of amides is 3. The van der Waals surface area contributed by atoms with Crippen molar-refractivity contribution in [2.75, 3.05) is 31.1 Å². The van der Waals surface area contributed by atoms with E-state index in [1.165, 1.54) is 0 Å². The summed E-state index contributed by atoms with van der Waals surface area (Å²) in [4.78, 5) is 28.5. The van der Waals surface area contributed by atoms with Gasteiger partial charge in [0.15, 0.2) is 0 Å². The predicted molar refractivity (Wildman–Crippen MR) is 102 cm³/mol. The number of hydrogen-bond acceptors (Lipinski definition) is 3. The van der Waals surface area contributed by atoms with Gasteiger partial charge in [-0.05, 0) is 17.7 Å². The summed E-state index contributed by atoms with van der Waals surface area (Å²) < 4.78 is 5.82. The Kier molecular flexibility index (Phi) is 5.07. The van der Waals surface area contributed by atoms with Crippen LogP contribution < -0.4 is 10.2 Å². The topological polar surface area (TPSA) is 61.9 Å². The smallest absolute Gasteiger partial charge is 0.317 e. The first-order valence-corrected chi connectivity index (χ1v) is 9.28. The number of ether oxygens (including phenoxy) is 1. The maximum Gasteiger partial charge on any atom is 0.317 e. The standard InChI is InChI=1S/C21H23N3O3/c25-20-13-17(14-24(20)18-9-5-2-6-10-18)22-21(26)23-11-12-27-19(15-23)16-7-3-1-4-8-16/h1-10,17,19H,11-15H2,(H,22,26)/t17-,19-/m1/s1. The van der Waals surface area contributed by atoms with Crippen molar-refractivity contribution < 1.29 is 14.3 Å². The molecular formula is C21H23N3O3. The minimum absolute atomic E-state index is 0.0376. The molecule has 2 aliphatic heterocycles. The van der Waals surface area contributed by atoms with E-state index in [-0.39, 0.29) is 24.1 Å². The minimum atomic E-state index is -0.178. The molecule has 6 heteroatoms. The molecule has 1 N–H and O–H groups in total. The van der Waals surface area contributed by atoms with Crippen LogP contribution in [0.25, 0.3) is 0 Å². The second-order valence-electron chi connectivity index (χ2n) is 6.91. The van der Waals surface area contributed by atoms with E-state index in [0.29, 0.717) is 32.7 Å². The molecule has 0 unspecified atom stereocenters. The first-order valence-electron chi connectivity index (χ1n) is 9.28. The lowest BCUT2D eigenvalue weighted by molar-refractivity contribution is -0.117. The van der Waals surface area contributed by atoms with Crippen molar-refractivity contribution in [3.05, 3.63) is 66.2 Å². The van der Waals surface area contributed by atoms with Crippen molar-refractivity contribution in [1.29, 1.82) is 0 Å². The monoisotopic (exact) mass is 365 g/mol. The van der Waals surface area contributed by atoms with E-state index in [1.807, 2.05) is 60.7 Å². The zero-order chi connectivity index (χ0) is 18.6. The third-order valence-corrected chi connectivity index (χ3v) is 5.05. The van der Waals surface area contributed by atoms with Crippen LogP contribution in [0.2, 0.25) is 0 Å². The maximum absolute atomic E-state index is 12.7. The van der Waals surface area contributed by atoms with Gasteiger partial charge in [0, 0.05) is 25.2 Å². The second kappa shape index (κ2) is 7.80. The summed E-state index contributed by atoms with van der Waals surface area (Å²) in [6.07, 6.45) is 0.212. The highest BCUT2D eigenvalue weighted by atomic mass is 16.5. The van der Waals surface area contributed by atoms with E-state index in [9.17, 15) is 9.59 Å². The molecule has 4 rings (SSSR count). The number of benzene rings is 2. The first-order chi connectivity index (χ1) is 13.2. The van der Waals surface area contributed by atoms with Gasteiger partial charge in [0.05, 0.1) is 19.2 Å². The second-order valence-corrected chi connectivity index (χ2v) is 6.91. The molecule has 2 atom stereocenters. The average molecular weight is 365 g/mol. The van der Waals surface area contributed by atoms with Gasteiger partial charge in [0.1, 0.15) is 6.10 Å². The first kappa shape index (κ1) is 17.5. The van der Waals surface area contributed by atoms with E-state index in [1.54, 1.807) is 9.80 Å². The molecule has 0 bridgehead atoms. The average Bonchev–Trinajstić information content (AvgIpc) is 3.09. The molecule has 2 saturated heterocycles. The molecule has 3 amide bonds. The van der Waals surface area contributed by atoms with Gasteiger partial charge in [-0.2, -0.15) is 0 Å². The summed E-state index contributed by atoms with van der Waals surface area (Å²) in [5.41, 5.74) is 1.94. The number of nitrogens with one attached hydrogen (secondary N) is 1. The summed E-state index contributed by atoms with van der Waals surface area (Å²) >= 11 is 0. The van der Waals surface area contributed by atoms with Gasteiger partial charge < -0.3 is 19.9 Å². The number of urea groups is 1. The third kappa shape index (κ3) is 3.95. The molecule has 2 aromatic rings. The van der Waals surface area contributed by atoms with Crippen molar-refractivity contribution >= 4 is 17.6 Å². The van der Waals surface area contributed by atoms with Gasteiger partial charge in [-0.15, -0.1) is 0 Å². The Morgan fingerprint density at radius 3 is 2.44 bits per heavy atom. The molecule has 0 saturated carbocycles. The van der Waals surface area contributed by atoms with Crippen LogP contribution in [0.5, 0.6) is 0 Å². The number of anilines is 1. The van der Waals surface area contributed by atoms with Crippen molar-refractivity contribution in [2.45, 2.75) is 18.6 Å². The lowest BCUT2D eigenvalue weighted by Gasteiger charge is -2.33. The van der Waals surface area contributed by atoms with E-state index < -0.39 is 0 Å². The molecule has 2 aromatic carbocycles. The number of carbonyl (C=O) groups is 2. The largest absolute Gasteiger partial charge is 0.370 e. The summed E-state index contributed by atoms with van der Waals surface area (Å²) in [6.45, 7) is 2.07. The van der Waals surface area contributed by atoms with Crippen molar-refractivity contribution in [3.63, 3.8) is 0 Å². The molecule has 140 valence electrons. The number of morpholine rings is 1. The SMILES string of the molecule is O=C(N[C@@H]1CC(=O)N(c2ccccc2)C1)N1CCO[C@@H](c2ccccc2)C1. The van der Waals surface area contributed by atoms with Crippen LogP contribution in [0, 0.1) is 0 Å². The van der Waals surface area contributed by atoms with Gasteiger partial charge in [-0.3, -0.25) is 4.79 Å². The van der Waals surface area contributed by atoms with E-state index >= 15 is 0 Å². The van der Waals surface area contributed by atoms with E-state index in [0.717, 1.165) is 11.3 Å². The van der Waals surface area contributed by atoms with Gasteiger partial charge in [-0.1, -0.05) is 48.5 Å². The Hall–Kier alpha value is -2.86. The van der Waals surface area contributed by atoms with Crippen molar-refractivity contribution in [1.82, 2.24) is 10.2 Å². The van der Waals surface area contributed by atoms with Crippen LogP contribution in [0.4, 0.5) is 10.5 Å². The van der Waals surface area contributed by atoms with Crippen molar-refractivity contribution in [2.24, 2.45) is 0 Å². The lowest BCUT2D eigenvalue weighted by atomic mass is 10.1. The van der Waals surface area contributed by atoms with Crippen LogP contribution in [0.3, 0.4) is 0 Å². The van der Waals surface area contributed by atoms with Crippen LogP contribution in [0.15, 0.2) is 60.7 Å². The fraction of sp³-hybridized carbons (Fsp3) is 0.333. The lowest BCUT2D eigenvalue weighted by Crippen LogP contribution is -2.50. The molecule has 6 nitrogen and oxygen atoms in total. The molecule has 0 radical (unpaired) electrons. The number of carbonyl (C=O) groups excluding carboxylic acids is 2. The highest BCUT2D eigenvalue weighted by molar-refractivity contribution is 5.96. The molecule has 2 heterocycles. The van der Waals surface area contributed by atoms with Crippen LogP contribution in [0.1, 0.15) is 18.1 Å². The summed E-state index contributed by atoms with van der Waals surface area (Å²) in [6, 6.07) is 19.2. The number of rotatable bonds is 3. The zero-order valence-electron chi connectivity index (χ0n) is 15.1. The van der Waals surface area contributed by atoms with Gasteiger partial charge in [-0.25, -0.2) is 4.79 Å². The fourth-order valence-electron chi connectivity index (χ4n) is 3.63. The van der Waals surface area contributed by atoms with Crippen LogP contribution in [-0.4, -0.2) is 49.1 Å². The predicted octanol–water partition coefficient (Wildman–Crippen LogP) is 2.58. The normalized spacial score (nSPS) is 22.7. The molecule has 27 heavy (non-hydrogen) atoms. The molecule has 0 aliphatic carbocycles. The Bertz CT molecular complexity index is 797. The van der Waals surface area contributed by atoms with Crippen LogP contribution >= 0.6 is 0 Å². The quantitative estimate of drug-likeness (QED) is 0.909. The fourth-order valence-corrected chi connectivity index (χ4v) is 3.63. The van der Waals surface area contributed by atoms with E-state index in [4.69, 9.17) is 4.74 Å². The summed E-state index contributed by atoms with van der Waals surface area (Å²) in [5.74, 6) is 0.0376. The van der Waals surface area contributed by atoms with Gasteiger partial charge >= 0.3 is 6.03 Å². The molecule has 0 spiro atoms. The van der Waals surface area contributed by atoms with E-state index in [2.05, 4.69) is 5.32 Å². The van der Waals surface area contributed by atoms with Gasteiger partial charge in [0.25, 0.3) is 0 Å².